The van der Waals surface area contributed by atoms with Crippen molar-refractivity contribution >= 4 is 64.2 Å². The summed E-state index contributed by atoms with van der Waals surface area (Å²) in [7, 11) is -6.87. The molecule has 20 nitrogen and oxygen atoms in total. The van der Waals surface area contributed by atoms with Crippen molar-refractivity contribution in [3.63, 3.8) is 0 Å². The number of nitriles is 2. The Kier molecular flexibility index (Phi) is 9.90. The lowest BCUT2D eigenvalue weighted by molar-refractivity contribution is -0.117. The van der Waals surface area contributed by atoms with Crippen molar-refractivity contribution in [2.75, 3.05) is 43.5 Å². The second-order valence-electron chi connectivity index (χ2n) is 15.5. The van der Waals surface area contributed by atoms with Crippen LogP contribution in [0, 0.1) is 28.6 Å². The van der Waals surface area contributed by atoms with Crippen LogP contribution in [-0.2, 0) is 36.9 Å². The molecule has 5 aromatic heterocycles. The summed E-state index contributed by atoms with van der Waals surface area (Å²) in [5.74, 6) is -0.281. The Balaban J connectivity index is 0.917. The number of anilines is 2. The van der Waals surface area contributed by atoms with E-state index in [0.29, 0.717) is 59.9 Å². The van der Waals surface area contributed by atoms with Crippen molar-refractivity contribution < 1.29 is 21.6 Å². The summed E-state index contributed by atoms with van der Waals surface area (Å²) in [6.45, 7) is 1.06. The molecule has 60 heavy (non-hydrogen) atoms. The van der Waals surface area contributed by atoms with Gasteiger partial charge < -0.3 is 5.73 Å². The first-order valence-corrected chi connectivity index (χ1v) is 23.4. The molecule has 6 heterocycles. The molecule has 1 saturated heterocycles. The van der Waals surface area contributed by atoms with Gasteiger partial charge in [-0.2, -0.15) is 38.8 Å². The Morgan fingerprint density at radius 3 is 2.60 bits per heavy atom. The van der Waals surface area contributed by atoms with Crippen molar-refractivity contribution in [2.24, 2.45) is 5.92 Å². The maximum absolute atomic E-state index is 13.8. The van der Waals surface area contributed by atoms with E-state index < -0.39 is 31.5 Å². The smallest absolute Gasteiger partial charge is 0.249 e. The SMILES string of the molecule is CS(=O)(=O)N1CC(CC#N)(n2cc(-c3c(C4CC4C(=O)Nc4nc5ccnc(-c6cnn(CCN(CCCC#N)S(=O)(=O)C7CC7)c6)n5n4)ccc4nc(N)sc34)cn2)C1. The quantitative estimate of drug-likeness (QED) is 0.133. The molecule has 2 atom stereocenters. The van der Waals surface area contributed by atoms with E-state index in [1.165, 1.54) is 24.5 Å². The second-order valence-corrected chi connectivity index (χ2v) is 20.7. The van der Waals surface area contributed by atoms with Crippen molar-refractivity contribution in [1.29, 1.82) is 10.5 Å². The van der Waals surface area contributed by atoms with E-state index in [1.54, 1.807) is 40.2 Å². The fourth-order valence-corrected chi connectivity index (χ4v) is 11.6. The third kappa shape index (κ3) is 7.36. The number of nitrogens with zero attached hydrogens (tertiary/aromatic N) is 13. The van der Waals surface area contributed by atoms with Crippen LogP contribution in [0.5, 0.6) is 0 Å². The van der Waals surface area contributed by atoms with Gasteiger partial charge in [0.05, 0.1) is 64.8 Å². The van der Waals surface area contributed by atoms with E-state index in [2.05, 4.69) is 47.7 Å². The zero-order chi connectivity index (χ0) is 42.0. The van der Waals surface area contributed by atoms with Gasteiger partial charge in [-0.05, 0) is 43.2 Å². The Bertz CT molecular complexity index is 2970. The van der Waals surface area contributed by atoms with E-state index in [4.69, 9.17) is 11.0 Å². The zero-order valence-corrected chi connectivity index (χ0v) is 34.7. The van der Waals surface area contributed by atoms with E-state index in [-0.39, 0.29) is 62.0 Å². The number of nitrogen functional groups attached to an aromatic ring is 1. The van der Waals surface area contributed by atoms with Crippen LogP contribution in [0.25, 0.3) is 38.4 Å². The van der Waals surface area contributed by atoms with Gasteiger partial charge in [0.2, 0.25) is 31.9 Å². The standard InChI is InChI=1S/C37H39N15O5S3/c1-59(54,55)50-21-37(22-50,9-11-39)51-20-23(17-43-51)31-26(6-7-29-32(31)58-35(40)44-29)27-16-28(27)34(53)46-36-45-30-8-12-41-33(52(30)47-36)24-18-42-48(19-24)14-15-49(13-3-2-10-38)60(56,57)25-4-5-25/h6-8,12,17-20,25,27-28H,2-5,9,13-16,21-22H2,1H3,(H2,40,44)(H,46,47,53). The number of carbonyl (C=O) groups excluding carboxylic acids is 1. The van der Waals surface area contributed by atoms with Gasteiger partial charge in [0.15, 0.2) is 16.6 Å². The normalized spacial score (nSPS) is 19.0. The number of aromatic nitrogens is 9. The molecule has 3 fully saturated rings. The van der Waals surface area contributed by atoms with Gasteiger partial charge in [-0.15, -0.1) is 5.10 Å². The van der Waals surface area contributed by atoms with Gasteiger partial charge >= 0.3 is 0 Å². The topological polar surface area (TPSA) is 269 Å². The van der Waals surface area contributed by atoms with Gasteiger partial charge in [0.25, 0.3) is 0 Å². The first kappa shape index (κ1) is 39.6. The molecule has 2 aliphatic carbocycles. The summed E-state index contributed by atoms with van der Waals surface area (Å²) in [6.07, 6.45) is 12.3. The lowest BCUT2D eigenvalue weighted by atomic mass is 9.89. The van der Waals surface area contributed by atoms with Gasteiger partial charge in [-0.25, -0.2) is 26.8 Å². The van der Waals surface area contributed by atoms with Crippen molar-refractivity contribution in [2.45, 2.75) is 61.8 Å². The largest absolute Gasteiger partial charge is 0.375 e. The molecule has 1 aromatic carbocycles. The first-order chi connectivity index (χ1) is 28.8. The number of sulfonamides is 2. The Morgan fingerprint density at radius 2 is 1.85 bits per heavy atom. The van der Waals surface area contributed by atoms with Gasteiger partial charge in [0.1, 0.15) is 5.54 Å². The van der Waals surface area contributed by atoms with E-state index >= 15 is 0 Å². The van der Waals surface area contributed by atoms with Gasteiger partial charge in [0, 0.05) is 74.3 Å². The van der Waals surface area contributed by atoms with Crippen LogP contribution in [0.1, 0.15) is 50.0 Å². The summed E-state index contributed by atoms with van der Waals surface area (Å²) < 4.78 is 58.9. The Morgan fingerprint density at radius 1 is 1.05 bits per heavy atom. The van der Waals surface area contributed by atoms with Crippen LogP contribution in [0.4, 0.5) is 11.1 Å². The number of fused-ring (bicyclic) bond motifs is 2. The van der Waals surface area contributed by atoms with Crippen molar-refractivity contribution in [3.8, 4) is 34.7 Å². The fourth-order valence-electron chi connectivity index (χ4n) is 7.86. The van der Waals surface area contributed by atoms with Crippen LogP contribution in [-0.4, -0.2) is 113 Å². The highest BCUT2D eigenvalue weighted by atomic mass is 32.2. The molecular formula is C37H39N15O5S3. The molecule has 0 radical (unpaired) electrons. The second kappa shape index (κ2) is 15.0. The number of hydrogen-bond donors (Lipinski definition) is 2. The highest BCUT2D eigenvalue weighted by molar-refractivity contribution is 7.90. The Hall–Kier alpha value is -5.85. The number of hydrogen-bond acceptors (Lipinski definition) is 15. The molecule has 3 N–H and O–H groups in total. The zero-order valence-electron chi connectivity index (χ0n) is 32.3. The monoisotopic (exact) mass is 869 g/mol. The molecular weight excluding hydrogens is 831 g/mol. The number of rotatable bonds is 16. The predicted octanol–water partition coefficient (Wildman–Crippen LogP) is 2.77. The summed E-state index contributed by atoms with van der Waals surface area (Å²) in [4.78, 5) is 27.3. The van der Waals surface area contributed by atoms with E-state index in [9.17, 15) is 26.9 Å². The summed E-state index contributed by atoms with van der Waals surface area (Å²) in [5.41, 5.74) is 9.59. The molecule has 1 aliphatic heterocycles. The minimum absolute atomic E-state index is 0.0764. The molecule has 1 amide bonds. The van der Waals surface area contributed by atoms with E-state index in [0.717, 1.165) is 27.6 Å². The predicted molar refractivity (Wildman–Crippen MR) is 220 cm³/mol. The van der Waals surface area contributed by atoms with Crippen LogP contribution in [0.2, 0.25) is 0 Å². The average molecular weight is 870 g/mol. The van der Waals surface area contributed by atoms with Gasteiger partial charge in [-0.3, -0.25) is 19.5 Å². The molecule has 9 rings (SSSR count). The van der Waals surface area contributed by atoms with Gasteiger partial charge in [-0.1, -0.05) is 17.4 Å². The van der Waals surface area contributed by atoms with Crippen LogP contribution < -0.4 is 11.1 Å². The van der Waals surface area contributed by atoms with Crippen molar-refractivity contribution in [3.05, 3.63) is 54.7 Å². The average Bonchev–Trinajstić information content (AvgIpc) is 3.98. The maximum atomic E-state index is 13.8. The third-order valence-corrected chi connectivity index (χ3v) is 15.8. The molecule has 3 aliphatic rings. The lowest BCUT2D eigenvalue weighted by Crippen LogP contribution is -2.63. The highest BCUT2D eigenvalue weighted by Gasteiger charge is 2.50. The minimum atomic E-state index is -3.44. The summed E-state index contributed by atoms with van der Waals surface area (Å²) in [5, 5.41) is 35.1. The number of benzene rings is 1. The summed E-state index contributed by atoms with van der Waals surface area (Å²) >= 11 is 1.33. The first-order valence-electron chi connectivity index (χ1n) is 19.3. The number of thiazole rings is 1. The molecule has 2 unspecified atom stereocenters. The summed E-state index contributed by atoms with van der Waals surface area (Å²) in [6, 6.07) is 9.77. The number of unbranched alkanes of at least 4 members (excludes halogenated alkanes) is 1. The lowest BCUT2D eigenvalue weighted by Gasteiger charge is -2.47. The van der Waals surface area contributed by atoms with Crippen molar-refractivity contribution in [1.82, 2.24) is 52.7 Å². The molecule has 310 valence electrons. The van der Waals surface area contributed by atoms with Crippen LogP contribution in [0.3, 0.4) is 0 Å². The number of nitrogens with one attached hydrogen (secondary N) is 1. The third-order valence-electron chi connectivity index (χ3n) is 11.3. The minimum Gasteiger partial charge on any atom is -0.375 e. The number of carbonyl (C=O) groups is 1. The molecule has 23 heteroatoms. The molecule has 0 bridgehead atoms. The molecule has 2 saturated carbocycles. The van der Waals surface area contributed by atoms with E-state index in [1.807, 2.05) is 18.3 Å². The number of nitrogens with two attached hydrogens (primary N) is 1. The van der Waals surface area contributed by atoms with Crippen LogP contribution >= 0.6 is 11.3 Å². The number of amides is 1. The van der Waals surface area contributed by atoms with Crippen LogP contribution in [0.15, 0.2) is 49.2 Å². The highest BCUT2D eigenvalue weighted by Crippen LogP contribution is 2.53. The molecule has 6 aromatic rings. The maximum Gasteiger partial charge on any atom is 0.249 e. The Labute approximate surface area is 348 Å². The molecule has 0 spiro atoms. The fraction of sp³-hybridized carbons (Fsp3) is 0.432.